The van der Waals surface area contributed by atoms with Crippen LogP contribution in [-0.4, -0.2) is 37.5 Å². The molecule has 7 heteroatoms. The maximum absolute atomic E-state index is 11.8. The lowest BCUT2D eigenvalue weighted by atomic mass is 9.92. The molecule has 0 aliphatic carbocycles. The Labute approximate surface area is 136 Å². The molecule has 0 unspecified atom stereocenters. The van der Waals surface area contributed by atoms with Gasteiger partial charge in [0.25, 0.3) is 0 Å². The Bertz CT molecular complexity index is 522. The molecule has 1 heterocycles. The Morgan fingerprint density at radius 1 is 1.41 bits per heavy atom. The number of hydrogen-bond donors (Lipinski definition) is 3. The molecule has 6 nitrogen and oxygen atoms in total. The molecule has 0 aliphatic rings. The van der Waals surface area contributed by atoms with Crippen LogP contribution in [0.25, 0.3) is 0 Å². The number of thiazole rings is 1. The summed E-state index contributed by atoms with van der Waals surface area (Å²) in [7, 11) is 3.36. The molecule has 0 saturated heterocycles. The van der Waals surface area contributed by atoms with E-state index in [2.05, 4.69) is 45.2 Å². The summed E-state index contributed by atoms with van der Waals surface area (Å²) in [6.07, 6.45) is 0. The summed E-state index contributed by atoms with van der Waals surface area (Å²) in [5.74, 6) is 1.10. The molecule has 1 aromatic heterocycles. The third-order valence-corrected chi connectivity index (χ3v) is 4.20. The minimum absolute atomic E-state index is 0.00282. The number of carbonyl (C=O) groups is 1. The van der Waals surface area contributed by atoms with Crippen molar-refractivity contribution in [2.24, 2.45) is 10.4 Å². The van der Waals surface area contributed by atoms with Gasteiger partial charge in [-0.1, -0.05) is 13.8 Å². The number of nitrogens with zero attached hydrogens (tertiary/aromatic N) is 2. The molecule has 0 aliphatic heterocycles. The summed E-state index contributed by atoms with van der Waals surface area (Å²) >= 11 is 1.64. The van der Waals surface area contributed by atoms with Gasteiger partial charge in [0.05, 0.1) is 17.7 Å². The zero-order valence-corrected chi connectivity index (χ0v) is 15.1. The van der Waals surface area contributed by atoms with Gasteiger partial charge in [-0.05, 0) is 19.8 Å². The van der Waals surface area contributed by atoms with E-state index in [1.165, 1.54) is 0 Å². The SMILES string of the molecule is CN=C(NCc1nc(C(C)C)cs1)NCC(C)(C)C(=O)NC. The number of hydrogen-bond acceptors (Lipinski definition) is 4. The molecule has 1 rings (SSSR count). The Morgan fingerprint density at radius 3 is 2.59 bits per heavy atom. The van der Waals surface area contributed by atoms with Crippen molar-refractivity contribution in [2.75, 3.05) is 20.6 Å². The average Bonchev–Trinajstić information content (AvgIpc) is 2.95. The van der Waals surface area contributed by atoms with Crippen molar-refractivity contribution in [1.82, 2.24) is 20.9 Å². The smallest absolute Gasteiger partial charge is 0.227 e. The third-order valence-electron chi connectivity index (χ3n) is 3.33. The van der Waals surface area contributed by atoms with Gasteiger partial charge in [-0.25, -0.2) is 4.98 Å². The van der Waals surface area contributed by atoms with Gasteiger partial charge in [0.2, 0.25) is 5.91 Å². The minimum Gasteiger partial charge on any atom is -0.359 e. The first-order chi connectivity index (χ1) is 10.3. The van der Waals surface area contributed by atoms with Crippen molar-refractivity contribution in [1.29, 1.82) is 0 Å². The topological polar surface area (TPSA) is 78.4 Å². The number of amides is 1. The van der Waals surface area contributed by atoms with Gasteiger partial charge in [0.1, 0.15) is 5.01 Å². The molecule has 0 aromatic carbocycles. The van der Waals surface area contributed by atoms with Gasteiger partial charge >= 0.3 is 0 Å². The molecule has 1 aromatic rings. The molecule has 0 spiro atoms. The highest BCUT2D eigenvalue weighted by molar-refractivity contribution is 7.09. The summed E-state index contributed by atoms with van der Waals surface area (Å²) in [4.78, 5) is 20.5. The van der Waals surface area contributed by atoms with Crippen molar-refractivity contribution in [3.63, 3.8) is 0 Å². The first-order valence-electron chi connectivity index (χ1n) is 7.41. The Balaban J connectivity index is 2.50. The maximum atomic E-state index is 11.8. The third kappa shape index (κ3) is 5.29. The number of nitrogens with one attached hydrogen (secondary N) is 3. The van der Waals surface area contributed by atoms with Crippen LogP contribution in [0.2, 0.25) is 0 Å². The van der Waals surface area contributed by atoms with Crippen molar-refractivity contribution >= 4 is 23.2 Å². The summed E-state index contributed by atoms with van der Waals surface area (Å²) < 4.78 is 0. The van der Waals surface area contributed by atoms with E-state index in [0.717, 1.165) is 10.7 Å². The Morgan fingerprint density at radius 2 is 2.09 bits per heavy atom. The van der Waals surface area contributed by atoms with Crippen molar-refractivity contribution in [2.45, 2.75) is 40.2 Å². The first-order valence-corrected chi connectivity index (χ1v) is 8.29. The molecule has 0 saturated carbocycles. The van der Waals surface area contributed by atoms with E-state index in [9.17, 15) is 4.79 Å². The van der Waals surface area contributed by atoms with E-state index in [1.54, 1.807) is 25.4 Å². The molecule has 0 fully saturated rings. The zero-order chi connectivity index (χ0) is 16.8. The standard InChI is InChI=1S/C15H27N5OS/c1-10(2)11-8-22-12(20-11)7-18-14(17-6)19-9-15(3,4)13(21)16-5/h8,10H,7,9H2,1-6H3,(H,16,21)(H2,17,18,19). The quantitative estimate of drug-likeness (QED) is 0.549. The maximum Gasteiger partial charge on any atom is 0.227 e. The van der Waals surface area contributed by atoms with E-state index < -0.39 is 5.41 Å². The van der Waals surface area contributed by atoms with Crippen LogP contribution in [0.4, 0.5) is 0 Å². The number of rotatable bonds is 6. The molecule has 0 radical (unpaired) electrons. The Hall–Kier alpha value is -1.63. The second kappa shape index (κ2) is 8.12. The fraction of sp³-hybridized carbons (Fsp3) is 0.667. The van der Waals surface area contributed by atoms with Gasteiger partial charge in [-0.3, -0.25) is 9.79 Å². The van der Waals surface area contributed by atoms with Gasteiger partial charge in [-0.15, -0.1) is 11.3 Å². The van der Waals surface area contributed by atoms with Gasteiger partial charge in [0, 0.05) is 26.0 Å². The van der Waals surface area contributed by atoms with Crippen LogP contribution < -0.4 is 16.0 Å². The van der Waals surface area contributed by atoms with Gasteiger partial charge < -0.3 is 16.0 Å². The van der Waals surface area contributed by atoms with E-state index in [-0.39, 0.29) is 5.91 Å². The largest absolute Gasteiger partial charge is 0.359 e. The lowest BCUT2D eigenvalue weighted by Gasteiger charge is -2.24. The van der Waals surface area contributed by atoms with Crippen LogP contribution in [-0.2, 0) is 11.3 Å². The van der Waals surface area contributed by atoms with Crippen LogP contribution in [0.3, 0.4) is 0 Å². The van der Waals surface area contributed by atoms with E-state index >= 15 is 0 Å². The monoisotopic (exact) mass is 325 g/mol. The normalized spacial score (nSPS) is 12.4. The molecule has 1 amide bonds. The van der Waals surface area contributed by atoms with Crippen LogP contribution in [0.1, 0.15) is 44.3 Å². The van der Waals surface area contributed by atoms with Crippen molar-refractivity contribution in [3.8, 4) is 0 Å². The summed E-state index contributed by atoms with van der Waals surface area (Å²) in [6.45, 7) is 9.17. The second-order valence-corrected chi connectivity index (χ2v) is 7.01. The fourth-order valence-electron chi connectivity index (χ4n) is 1.77. The number of aliphatic imine (C=N–C) groups is 1. The predicted octanol–water partition coefficient (Wildman–Crippen LogP) is 1.70. The number of aromatic nitrogens is 1. The highest BCUT2D eigenvalue weighted by atomic mass is 32.1. The molecular weight excluding hydrogens is 298 g/mol. The molecule has 124 valence electrons. The van der Waals surface area contributed by atoms with Crippen molar-refractivity contribution < 1.29 is 4.79 Å². The summed E-state index contributed by atoms with van der Waals surface area (Å²) in [6, 6.07) is 0. The Kier molecular flexibility index (Phi) is 6.80. The zero-order valence-electron chi connectivity index (χ0n) is 14.3. The summed E-state index contributed by atoms with van der Waals surface area (Å²) in [5.41, 5.74) is 0.615. The lowest BCUT2D eigenvalue weighted by molar-refractivity contribution is -0.128. The van der Waals surface area contributed by atoms with Crippen LogP contribution in [0.15, 0.2) is 10.4 Å². The predicted molar refractivity (Wildman–Crippen MR) is 92.3 cm³/mol. The van der Waals surface area contributed by atoms with Crippen LogP contribution in [0, 0.1) is 5.41 Å². The minimum atomic E-state index is -0.502. The van der Waals surface area contributed by atoms with Gasteiger partial charge in [0.15, 0.2) is 5.96 Å². The lowest BCUT2D eigenvalue weighted by Crippen LogP contribution is -2.47. The highest BCUT2D eigenvalue weighted by Gasteiger charge is 2.26. The first kappa shape index (κ1) is 18.4. The molecule has 0 bridgehead atoms. The molecule has 22 heavy (non-hydrogen) atoms. The van der Waals surface area contributed by atoms with Gasteiger partial charge in [-0.2, -0.15) is 0 Å². The average molecular weight is 325 g/mol. The summed E-state index contributed by atoms with van der Waals surface area (Å²) in [5, 5.41) is 12.2. The second-order valence-electron chi connectivity index (χ2n) is 6.06. The van der Waals surface area contributed by atoms with E-state index in [1.807, 2.05) is 13.8 Å². The number of guanidine groups is 1. The fourth-order valence-corrected chi connectivity index (χ4v) is 2.67. The number of carbonyl (C=O) groups excluding carboxylic acids is 1. The van der Waals surface area contributed by atoms with E-state index in [4.69, 9.17) is 0 Å². The molecule has 0 atom stereocenters. The van der Waals surface area contributed by atoms with Crippen LogP contribution in [0.5, 0.6) is 0 Å². The van der Waals surface area contributed by atoms with Crippen molar-refractivity contribution in [3.05, 3.63) is 16.1 Å². The van der Waals surface area contributed by atoms with Crippen LogP contribution >= 0.6 is 11.3 Å². The highest BCUT2D eigenvalue weighted by Crippen LogP contribution is 2.17. The molecular formula is C15H27N5OS. The van der Waals surface area contributed by atoms with E-state index in [0.29, 0.717) is 25.0 Å². The molecule has 3 N–H and O–H groups in total.